The number of carbonyl (C=O) groups excluding carboxylic acids is 3. The van der Waals surface area contributed by atoms with Gasteiger partial charge < -0.3 is 15.4 Å². The van der Waals surface area contributed by atoms with Crippen LogP contribution in [0.25, 0.3) is 0 Å². The lowest BCUT2D eigenvalue weighted by Gasteiger charge is -2.14. The number of anilines is 1. The molecule has 26 heavy (non-hydrogen) atoms. The number of hydrogen-bond acceptors (Lipinski definition) is 4. The van der Waals surface area contributed by atoms with E-state index in [9.17, 15) is 14.4 Å². The average molecular weight is 353 g/mol. The molecular weight excluding hydrogens is 334 g/mol. The molecule has 134 valence electrons. The molecule has 0 aliphatic carbocycles. The highest BCUT2D eigenvalue weighted by atomic mass is 16.5. The van der Waals surface area contributed by atoms with Gasteiger partial charge in [-0.15, -0.1) is 0 Å². The third kappa shape index (κ3) is 3.83. The Balaban J connectivity index is 1.63. The van der Waals surface area contributed by atoms with Gasteiger partial charge in [0.05, 0.1) is 12.8 Å². The number of rotatable bonds is 6. The second-order valence-corrected chi connectivity index (χ2v) is 5.86. The van der Waals surface area contributed by atoms with Crippen LogP contribution in [0.5, 0.6) is 5.75 Å². The Labute approximate surface area is 150 Å². The molecule has 1 saturated heterocycles. The van der Waals surface area contributed by atoms with Crippen molar-refractivity contribution in [2.45, 2.75) is 12.5 Å². The van der Waals surface area contributed by atoms with Crippen LogP contribution in [-0.4, -0.2) is 42.4 Å². The average Bonchev–Trinajstić information content (AvgIpc) is 2.90. The number of urea groups is 1. The molecule has 0 spiro atoms. The smallest absolute Gasteiger partial charge is 0.325 e. The summed E-state index contributed by atoms with van der Waals surface area (Å²) in [5.74, 6) is -0.382. The predicted molar refractivity (Wildman–Crippen MR) is 95.8 cm³/mol. The number of nitrogens with zero attached hydrogens (tertiary/aromatic N) is 1. The molecule has 7 nitrogen and oxygen atoms in total. The lowest BCUT2D eigenvalue weighted by molar-refractivity contribution is -0.130. The summed E-state index contributed by atoms with van der Waals surface area (Å²) in [6.07, 6.45) is 0.385. The minimum atomic E-state index is -0.663. The van der Waals surface area contributed by atoms with Crippen molar-refractivity contribution in [1.29, 1.82) is 0 Å². The van der Waals surface area contributed by atoms with Crippen LogP contribution in [0.3, 0.4) is 0 Å². The topological polar surface area (TPSA) is 87.7 Å². The summed E-state index contributed by atoms with van der Waals surface area (Å²) in [5.41, 5.74) is 1.42. The van der Waals surface area contributed by atoms with E-state index in [2.05, 4.69) is 10.6 Å². The van der Waals surface area contributed by atoms with Crippen molar-refractivity contribution in [3.63, 3.8) is 0 Å². The maximum Gasteiger partial charge on any atom is 0.325 e. The number of nitrogens with one attached hydrogen (secondary N) is 2. The van der Waals surface area contributed by atoms with Crippen LogP contribution >= 0.6 is 0 Å². The van der Waals surface area contributed by atoms with Gasteiger partial charge in [0.15, 0.2) is 0 Å². The maximum atomic E-state index is 12.5. The van der Waals surface area contributed by atoms with Gasteiger partial charge in [-0.3, -0.25) is 14.5 Å². The molecule has 2 aromatic carbocycles. The van der Waals surface area contributed by atoms with E-state index in [-0.39, 0.29) is 6.54 Å². The van der Waals surface area contributed by atoms with E-state index in [1.54, 1.807) is 24.3 Å². The van der Waals surface area contributed by atoms with Gasteiger partial charge >= 0.3 is 6.03 Å². The lowest BCUT2D eigenvalue weighted by Crippen LogP contribution is -2.38. The Hall–Kier alpha value is -3.35. The number of imide groups is 1. The maximum absolute atomic E-state index is 12.5. The van der Waals surface area contributed by atoms with Crippen LogP contribution < -0.4 is 15.4 Å². The molecule has 1 atom stereocenters. The normalized spacial score (nSPS) is 16.3. The summed E-state index contributed by atoms with van der Waals surface area (Å²) in [5, 5.41) is 5.28. The van der Waals surface area contributed by atoms with Gasteiger partial charge in [-0.2, -0.15) is 0 Å². The zero-order valence-electron chi connectivity index (χ0n) is 14.3. The number of carbonyl (C=O) groups is 3. The molecular formula is C19H19N3O4. The van der Waals surface area contributed by atoms with Crippen LogP contribution in [0.4, 0.5) is 10.5 Å². The van der Waals surface area contributed by atoms with Crippen molar-refractivity contribution < 1.29 is 19.1 Å². The minimum Gasteiger partial charge on any atom is -0.495 e. The Bertz CT molecular complexity index is 823. The molecule has 2 aromatic rings. The van der Waals surface area contributed by atoms with Crippen LogP contribution in [-0.2, 0) is 16.0 Å². The summed E-state index contributed by atoms with van der Waals surface area (Å²) in [6.45, 7) is -0.353. The summed E-state index contributed by atoms with van der Waals surface area (Å²) < 4.78 is 5.17. The van der Waals surface area contributed by atoms with E-state index >= 15 is 0 Å². The highest BCUT2D eigenvalue weighted by Crippen LogP contribution is 2.23. The molecule has 0 aromatic heterocycles. The van der Waals surface area contributed by atoms with Crippen LogP contribution in [0.2, 0.25) is 0 Å². The molecule has 2 N–H and O–H groups in total. The van der Waals surface area contributed by atoms with Gasteiger partial charge in [0.2, 0.25) is 5.91 Å². The first-order valence-electron chi connectivity index (χ1n) is 8.17. The van der Waals surface area contributed by atoms with E-state index in [4.69, 9.17) is 4.74 Å². The van der Waals surface area contributed by atoms with Gasteiger partial charge in [-0.1, -0.05) is 42.5 Å². The molecule has 4 amide bonds. The fourth-order valence-corrected chi connectivity index (χ4v) is 2.80. The zero-order valence-corrected chi connectivity index (χ0v) is 14.3. The molecule has 3 rings (SSSR count). The molecule has 1 aliphatic heterocycles. The predicted octanol–water partition coefficient (Wildman–Crippen LogP) is 1.80. The number of hydrogen-bond donors (Lipinski definition) is 2. The number of amides is 4. The Morgan fingerprint density at radius 1 is 1.12 bits per heavy atom. The summed E-state index contributed by atoms with van der Waals surface area (Å²) in [4.78, 5) is 37.7. The SMILES string of the molecule is COc1ccccc1NC(=O)CN1C(=O)NC(Cc2ccccc2)C1=O. The van der Waals surface area contributed by atoms with E-state index in [1.165, 1.54) is 7.11 Å². The van der Waals surface area contributed by atoms with Gasteiger partial charge in [0.1, 0.15) is 18.3 Å². The molecule has 0 saturated carbocycles. The Kier molecular flexibility index (Phi) is 5.17. The van der Waals surface area contributed by atoms with Crippen molar-refractivity contribution in [3.8, 4) is 5.75 Å². The third-order valence-electron chi connectivity index (χ3n) is 4.07. The van der Waals surface area contributed by atoms with Crippen molar-refractivity contribution >= 4 is 23.5 Å². The quantitative estimate of drug-likeness (QED) is 0.775. The summed E-state index contributed by atoms with van der Waals surface area (Å²) in [7, 11) is 1.50. The summed E-state index contributed by atoms with van der Waals surface area (Å²) in [6, 6.07) is 15.1. The molecule has 1 fully saturated rings. The molecule has 1 heterocycles. The van der Waals surface area contributed by atoms with Gasteiger partial charge in [-0.25, -0.2) is 4.79 Å². The number of para-hydroxylation sites is 2. The van der Waals surface area contributed by atoms with Crippen LogP contribution in [0.1, 0.15) is 5.56 Å². The van der Waals surface area contributed by atoms with Crippen molar-refractivity contribution in [2.24, 2.45) is 0 Å². The number of ether oxygens (including phenoxy) is 1. The number of methoxy groups -OCH3 is 1. The highest BCUT2D eigenvalue weighted by Gasteiger charge is 2.38. The van der Waals surface area contributed by atoms with Crippen LogP contribution in [0, 0.1) is 0 Å². The first-order chi connectivity index (χ1) is 12.6. The van der Waals surface area contributed by atoms with Crippen LogP contribution in [0.15, 0.2) is 54.6 Å². The summed E-state index contributed by atoms with van der Waals surface area (Å²) >= 11 is 0. The monoisotopic (exact) mass is 353 g/mol. The van der Waals surface area contributed by atoms with Crippen molar-refractivity contribution in [1.82, 2.24) is 10.2 Å². The molecule has 1 unspecified atom stereocenters. The van der Waals surface area contributed by atoms with E-state index in [0.717, 1.165) is 10.5 Å². The molecule has 7 heteroatoms. The minimum absolute atomic E-state index is 0.353. The molecule has 1 aliphatic rings. The second kappa shape index (κ2) is 7.69. The Morgan fingerprint density at radius 3 is 2.54 bits per heavy atom. The van der Waals surface area contributed by atoms with Gasteiger partial charge in [0, 0.05) is 6.42 Å². The second-order valence-electron chi connectivity index (χ2n) is 5.86. The van der Waals surface area contributed by atoms with E-state index < -0.39 is 23.9 Å². The molecule has 0 radical (unpaired) electrons. The third-order valence-corrected chi connectivity index (χ3v) is 4.07. The first kappa shape index (κ1) is 17.5. The highest BCUT2D eigenvalue weighted by molar-refractivity contribution is 6.08. The van der Waals surface area contributed by atoms with E-state index in [1.807, 2.05) is 30.3 Å². The van der Waals surface area contributed by atoms with E-state index in [0.29, 0.717) is 17.9 Å². The largest absolute Gasteiger partial charge is 0.495 e. The van der Waals surface area contributed by atoms with Crippen molar-refractivity contribution in [2.75, 3.05) is 19.0 Å². The zero-order chi connectivity index (χ0) is 18.5. The lowest BCUT2D eigenvalue weighted by atomic mass is 10.1. The fraction of sp³-hybridized carbons (Fsp3) is 0.211. The van der Waals surface area contributed by atoms with Gasteiger partial charge in [-0.05, 0) is 17.7 Å². The number of benzene rings is 2. The molecule has 0 bridgehead atoms. The first-order valence-corrected chi connectivity index (χ1v) is 8.17. The fourth-order valence-electron chi connectivity index (χ4n) is 2.80. The van der Waals surface area contributed by atoms with Gasteiger partial charge in [0.25, 0.3) is 5.91 Å². The standard InChI is InChI=1S/C19H19N3O4/c1-26-16-10-6-5-9-14(16)20-17(23)12-22-18(24)15(21-19(22)25)11-13-7-3-2-4-8-13/h2-10,15H,11-12H2,1H3,(H,20,23)(H,21,25). The Morgan fingerprint density at radius 2 is 1.81 bits per heavy atom. The van der Waals surface area contributed by atoms with Crippen molar-refractivity contribution in [3.05, 3.63) is 60.2 Å².